The van der Waals surface area contributed by atoms with Gasteiger partial charge in [0.2, 0.25) is 5.95 Å². The lowest BCUT2D eigenvalue weighted by Gasteiger charge is -2.16. The summed E-state index contributed by atoms with van der Waals surface area (Å²) in [6, 6.07) is 7.76. The number of aromatic nitrogens is 4. The summed E-state index contributed by atoms with van der Waals surface area (Å²) in [4.78, 5) is 20.6. The van der Waals surface area contributed by atoms with Crippen LogP contribution >= 0.6 is 15.9 Å². The first-order valence-corrected chi connectivity index (χ1v) is 11.0. The van der Waals surface area contributed by atoms with E-state index in [4.69, 9.17) is 15.7 Å². The molecule has 0 saturated carbocycles. The largest absolute Gasteiger partial charge is 0.496 e. The number of anilines is 2. The zero-order chi connectivity index (χ0) is 24.0. The summed E-state index contributed by atoms with van der Waals surface area (Å²) >= 11 is 3.45. The van der Waals surface area contributed by atoms with Gasteiger partial charge in [-0.15, -0.1) is 0 Å². The highest BCUT2D eigenvalue weighted by Gasteiger charge is 2.21. The third-order valence-corrected chi connectivity index (χ3v) is 5.36. The minimum atomic E-state index is -0.691. The Morgan fingerprint density at radius 3 is 2.82 bits per heavy atom. The molecular formula is C21H25BrN8O3. The maximum Gasteiger partial charge on any atom is 0.413 e. The molecular weight excluding hydrogens is 492 g/mol. The van der Waals surface area contributed by atoms with Crippen LogP contribution in [0.2, 0.25) is 0 Å². The Labute approximate surface area is 199 Å². The molecule has 0 radical (unpaired) electrons. The lowest BCUT2D eigenvalue weighted by molar-refractivity contribution is 0.186. The van der Waals surface area contributed by atoms with Gasteiger partial charge in [0.15, 0.2) is 10.4 Å². The van der Waals surface area contributed by atoms with E-state index >= 15 is 0 Å². The van der Waals surface area contributed by atoms with Gasteiger partial charge in [0.25, 0.3) is 0 Å². The molecule has 3 aromatic rings. The molecule has 2 heterocycles. The number of benzene rings is 1. The van der Waals surface area contributed by atoms with Gasteiger partial charge >= 0.3 is 6.09 Å². The van der Waals surface area contributed by atoms with Crippen LogP contribution in [0.1, 0.15) is 30.9 Å². The fraction of sp³-hybridized carbons (Fsp3) is 0.381. The molecule has 11 nitrogen and oxygen atoms in total. The highest BCUT2D eigenvalue weighted by molar-refractivity contribution is 9.10. The Morgan fingerprint density at radius 2 is 2.15 bits per heavy atom. The second kappa shape index (κ2) is 10.9. The molecule has 0 saturated heterocycles. The van der Waals surface area contributed by atoms with Crippen molar-refractivity contribution >= 4 is 44.8 Å². The molecule has 1 unspecified atom stereocenters. The number of methoxy groups -OCH3 is 2. The minimum absolute atomic E-state index is 0.0548. The standard InChI is InChI=1S/C21H25BrN8O3/c1-4-5-15(24)25-19-17-16(26-20(27-19)28-21(31)33-3)18(22)29-30(17)11-13-7-6-12(8-9-23)10-14(13)32-2/h6-7,10,15H,4-5,8,11,24H2,1-3H3,(H2,25,26,27,28,31). The fourth-order valence-corrected chi connectivity index (χ4v) is 3.77. The molecule has 2 aromatic heterocycles. The van der Waals surface area contributed by atoms with Crippen molar-refractivity contribution in [1.29, 1.82) is 5.26 Å². The Morgan fingerprint density at radius 1 is 1.36 bits per heavy atom. The Bertz CT molecular complexity index is 1190. The SMILES string of the molecule is CCCC(N)Nc1nc(NC(=O)OC)nc2c(Br)nn(Cc3ccc(CC#N)cc3OC)c12. The zero-order valence-corrected chi connectivity index (χ0v) is 20.1. The van der Waals surface area contributed by atoms with Gasteiger partial charge in [-0.3, -0.25) is 10.00 Å². The van der Waals surface area contributed by atoms with E-state index in [1.807, 2.05) is 25.1 Å². The second-order valence-electron chi connectivity index (χ2n) is 7.18. The van der Waals surface area contributed by atoms with E-state index in [1.165, 1.54) is 7.11 Å². The van der Waals surface area contributed by atoms with Crippen LogP contribution in [0.5, 0.6) is 5.75 Å². The lowest BCUT2D eigenvalue weighted by atomic mass is 10.1. The van der Waals surface area contributed by atoms with E-state index in [1.54, 1.807) is 11.8 Å². The number of fused-ring (bicyclic) bond motifs is 1. The van der Waals surface area contributed by atoms with Gasteiger partial charge in [0.05, 0.1) is 39.4 Å². The van der Waals surface area contributed by atoms with Crippen LogP contribution in [0, 0.1) is 11.3 Å². The van der Waals surface area contributed by atoms with E-state index in [-0.39, 0.29) is 12.1 Å². The average Bonchev–Trinajstić information content (AvgIpc) is 3.10. The Balaban J connectivity index is 2.09. The molecule has 33 heavy (non-hydrogen) atoms. The summed E-state index contributed by atoms with van der Waals surface area (Å²) in [5.41, 5.74) is 9.02. The molecule has 0 fully saturated rings. The summed E-state index contributed by atoms with van der Waals surface area (Å²) < 4.78 is 12.4. The average molecular weight is 517 g/mol. The van der Waals surface area contributed by atoms with Crippen molar-refractivity contribution < 1.29 is 14.3 Å². The summed E-state index contributed by atoms with van der Waals surface area (Å²) in [5.74, 6) is 1.12. The Hall–Kier alpha value is -3.43. The van der Waals surface area contributed by atoms with Crippen molar-refractivity contribution in [2.75, 3.05) is 24.9 Å². The number of nitrogens with one attached hydrogen (secondary N) is 2. The van der Waals surface area contributed by atoms with Crippen molar-refractivity contribution in [3.05, 3.63) is 33.9 Å². The van der Waals surface area contributed by atoms with Gasteiger partial charge in [0, 0.05) is 5.56 Å². The van der Waals surface area contributed by atoms with Crippen LogP contribution < -0.4 is 21.1 Å². The zero-order valence-electron chi connectivity index (χ0n) is 18.6. The molecule has 174 valence electrons. The van der Waals surface area contributed by atoms with Crippen molar-refractivity contribution in [2.45, 2.75) is 38.9 Å². The molecule has 3 rings (SSSR count). The summed E-state index contributed by atoms with van der Waals surface area (Å²) in [7, 11) is 2.84. The van der Waals surface area contributed by atoms with E-state index < -0.39 is 6.09 Å². The normalized spacial score (nSPS) is 11.6. The molecule has 0 aliphatic rings. The van der Waals surface area contributed by atoms with Crippen molar-refractivity contribution in [2.24, 2.45) is 5.73 Å². The van der Waals surface area contributed by atoms with Gasteiger partial charge < -0.3 is 20.5 Å². The second-order valence-corrected chi connectivity index (χ2v) is 7.93. The number of hydrogen-bond acceptors (Lipinski definition) is 9. The van der Waals surface area contributed by atoms with Crippen LogP contribution in [0.3, 0.4) is 0 Å². The topological polar surface area (TPSA) is 153 Å². The lowest BCUT2D eigenvalue weighted by Crippen LogP contribution is -2.30. The summed E-state index contributed by atoms with van der Waals surface area (Å²) in [5, 5.41) is 19.2. The van der Waals surface area contributed by atoms with Crippen LogP contribution in [0.25, 0.3) is 11.0 Å². The number of carbonyl (C=O) groups is 1. The number of halogens is 1. The number of nitrogens with zero attached hydrogens (tertiary/aromatic N) is 5. The van der Waals surface area contributed by atoms with Crippen LogP contribution in [-0.4, -0.2) is 46.2 Å². The van der Waals surface area contributed by atoms with Crippen LogP contribution in [0.15, 0.2) is 22.8 Å². The first-order valence-electron chi connectivity index (χ1n) is 10.2. The summed E-state index contributed by atoms with van der Waals surface area (Å²) in [6.07, 6.45) is 0.838. The highest BCUT2D eigenvalue weighted by atomic mass is 79.9. The minimum Gasteiger partial charge on any atom is -0.496 e. The Kier molecular flexibility index (Phi) is 8.02. The van der Waals surface area contributed by atoms with Crippen molar-refractivity contribution in [1.82, 2.24) is 19.7 Å². The summed E-state index contributed by atoms with van der Waals surface area (Å²) in [6.45, 7) is 2.38. The number of rotatable bonds is 9. The molecule has 0 aliphatic carbocycles. The number of hydrogen-bond donors (Lipinski definition) is 3. The molecule has 12 heteroatoms. The van der Waals surface area contributed by atoms with Crippen molar-refractivity contribution in [3.63, 3.8) is 0 Å². The third-order valence-electron chi connectivity index (χ3n) is 4.82. The molecule has 4 N–H and O–H groups in total. The van der Waals surface area contributed by atoms with Gasteiger partial charge in [-0.25, -0.2) is 9.78 Å². The van der Waals surface area contributed by atoms with Gasteiger partial charge in [-0.05, 0) is 34.0 Å². The smallest absolute Gasteiger partial charge is 0.413 e. The first-order chi connectivity index (χ1) is 15.9. The van der Waals surface area contributed by atoms with E-state index in [0.29, 0.717) is 40.2 Å². The fourth-order valence-electron chi connectivity index (χ4n) is 3.30. The number of nitriles is 1. The van der Waals surface area contributed by atoms with Gasteiger partial charge in [-0.2, -0.15) is 15.3 Å². The van der Waals surface area contributed by atoms with Gasteiger partial charge in [0.1, 0.15) is 16.8 Å². The quantitative estimate of drug-likeness (QED) is 0.363. The van der Waals surface area contributed by atoms with Crippen LogP contribution in [0.4, 0.5) is 16.6 Å². The maximum absolute atomic E-state index is 11.7. The number of carbonyl (C=O) groups excluding carboxylic acids is 1. The van der Waals surface area contributed by atoms with Gasteiger partial charge in [-0.1, -0.05) is 25.5 Å². The first kappa shape index (κ1) is 24.2. The van der Waals surface area contributed by atoms with E-state index in [9.17, 15) is 4.79 Å². The van der Waals surface area contributed by atoms with E-state index in [0.717, 1.165) is 24.0 Å². The third kappa shape index (κ3) is 5.68. The predicted octanol–water partition coefficient (Wildman–Crippen LogP) is 3.39. The van der Waals surface area contributed by atoms with E-state index in [2.05, 4.69) is 52.4 Å². The highest BCUT2D eigenvalue weighted by Crippen LogP contribution is 2.31. The van der Waals surface area contributed by atoms with Crippen LogP contribution in [-0.2, 0) is 17.7 Å². The monoisotopic (exact) mass is 516 g/mol. The molecule has 1 atom stereocenters. The number of ether oxygens (including phenoxy) is 2. The molecule has 0 bridgehead atoms. The predicted molar refractivity (Wildman–Crippen MR) is 127 cm³/mol. The maximum atomic E-state index is 11.7. The molecule has 0 spiro atoms. The molecule has 0 aliphatic heterocycles. The molecule has 1 aromatic carbocycles. The number of nitrogens with two attached hydrogens (primary N) is 1. The number of amides is 1. The molecule has 1 amide bonds. The van der Waals surface area contributed by atoms with Crippen molar-refractivity contribution in [3.8, 4) is 11.8 Å².